The fourth-order valence-corrected chi connectivity index (χ4v) is 2.92. The van der Waals surface area contributed by atoms with E-state index in [1.807, 2.05) is 30.3 Å². The Labute approximate surface area is 168 Å². The molecule has 3 aromatic rings. The number of aryl methyl sites for hydroxylation is 1. The van der Waals surface area contributed by atoms with E-state index in [1.165, 1.54) is 6.20 Å². The van der Waals surface area contributed by atoms with Crippen molar-refractivity contribution in [3.63, 3.8) is 0 Å². The van der Waals surface area contributed by atoms with Crippen LogP contribution in [0.15, 0.2) is 79.0 Å². The predicted octanol–water partition coefficient (Wildman–Crippen LogP) is 3.73. The number of ketones is 1. The van der Waals surface area contributed by atoms with Gasteiger partial charge in [-0.25, -0.2) is 9.78 Å². The lowest BCUT2D eigenvalue weighted by Gasteiger charge is -2.22. The molecule has 1 heterocycles. The number of ether oxygens (including phenoxy) is 1. The lowest BCUT2D eigenvalue weighted by molar-refractivity contribution is -0.151. The number of esters is 1. The van der Waals surface area contributed by atoms with Crippen LogP contribution in [-0.2, 0) is 20.7 Å². The number of methoxy groups -OCH3 is 1. The van der Waals surface area contributed by atoms with Crippen molar-refractivity contribution in [1.82, 2.24) is 4.98 Å². The Morgan fingerprint density at radius 2 is 1.55 bits per heavy atom. The first-order valence-electron chi connectivity index (χ1n) is 9.11. The van der Waals surface area contributed by atoms with Gasteiger partial charge >= 0.3 is 11.9 Å². The first kappa shape index (κ1) is 19.9. The molecule has 6 heteroatoms. The highest BCUT2D eigenvalue weighted by Crippen LogP contribution is 2.28. The molecule has 0 bridgehead atoms. The number of pyridine rings is 1. The fraction of sp³-hybridized carbons (Fsp3) is 0.130. The Morgan fingerprint density at radius 1 is 0.897 bits per heavy atom. The highest BCUT2D eigenvalue weighted by atomic mass is 16.5. The summed E-state index contributed by atoms with van der Waals surface area (Å²) >= 11 is 0. The lowest BCUT2D eigenvalue weighted by Crippen LogP contribution is -2.35. The highest BCUT2D eigenvalue weighted by molar-refractivity contribution is 6.40. The van der Waals surface area contributed by atoms with Crippen LogP contribution in [0.4, 0.5) is 11.5 Å². The molecule has 0 fully saturated rings. The molecule has 0 aliphatic heterocycles. The molecular formula is C23H20N2O4. The standard InChI is InChI=1S/C23H20N2O4/c1-29-23(28)22(27)25(18-11-6-3-7-12-18)21-19(13-8-16-24-21)20(26)15-14-17-9-4-2-5-10-17/h2-13,16H,14-15H2,1H3. The summed E-state index contributed by atoms with van der Waals surface area (Å²) < 4.78 is 4.60. The van der Waals surface area contributed by atoms with Crippen molar-refractivity contribution in [2.24, 2.45) is 0 Å². The Morgan fingerprint density at radius 3 is 2.21 bits per heavy atom. The number of rotatable bonds is 6. The molecule has 3 rings (SSSR count). The van der Waals surface area contributed by atoms with Gasteiger partial charge in [-0.1, -0.05) is 48.5 Å². The van der Waals surface area contributed by atoms with Crippen molar-refractivity contribution in [2.75, 3.05) is 12.0 Å². The molecule has 0 saturated carbocycles. The normalized spacial score (nSPS) is 10.2. The number of anilines is 2. The minimum atomic E-state index is -1.04. The van der Waals surface area contributed by atoms with E-state index in [2.05, 4.69) is 9.72 Å². The monoisotopic (exact) mass is 388 g/mol. The molecule has 2 aromatic carbocycles. The van der Waals surface area contributed by atoms with Crippen molar-refractivity contribution in [2.45, 2.75) is 12.8 Å². The zero-order chi connectivity index (χ0) is 20.6. The first-order chi connectivity index (χ1) is 14.1. The number of amides is 1. The van der Waals surface area contributed by atoms with Gasteiger partial charge in [0.05, 0.1) is 18.4 Å². The van der Waals surface area contributed by atoms with Crippen molar-refractivity contribution in [3.8, 4) is 0 Å². The van der Waals surface area contributed by atoms with Crippen molar-refractivity contribution in [1.29, 1.82) is 0 Å². The van der Waals surface area contributed by atoms with Crippen molar-refractivity contribution >= 4 is 29.2 Å². The van der Waals surface area contributed by atoms with E-state index in [0.29, 0.717) is 12.1 Å². The average Bonchev–Trinajstić information content (AvgIpc) is 2.78. The topological polar surface area (TPSA) is 76.6 Å². The minimum Gasteiger partial charge on any atom is -0.462 e. The smallest absolute Gasteiger partial charge is 0.397 e. The number of aromatic nitrogens is 1. The van der Waals surface area contributed by atoms with Gasteiger partial charge in [0.1, 0.15) is 0 Å². The molecule has 6 nitrogen and oxygen atoms in total. The molecule has 0 aliphatic rings. The molecule has 0 spiro atoms. The Balaban J connectivity index is 1.96. The quantitative estimate of drug-likeness (QED) is 0.365. The summed E-state index contributed by atoms with van der Waals surface area (Å²) in [5.41, 5.74) is 1.72. The molecule has 0 aliphatic carbocycles. The van der Waals surface area contributed by atoms with E-state index in [4.69, 9.17) is 0 Å². The Hall–Kier alpha value is -3.80. The lowest BCUT2D eigenvalue weighted by atomic mass is 10.0. The third-order valence-corrected chi connectivity index (χ3v) is 4.36. The third kappa shape index (κ3) is 4.73. The Bertz CT molecular complexity index is 1000. The molecule has 146 valence electrons. The predicted molar refractivity (Wildman–Crippen MR) is 109 cm³/mol. The maximum absolute atomic E-state index is 12.9. The van der Waals surface area contributed by atoms with Gasteiger partial charge in [-0.05, 0) is 36.2 Å². The van der Waals surface area contributed by atoms with Gasteiger partial charge in [-0.3, -0.25) is 14.5 Å². The number of para-hydroxylation sites is 1. The van der Waals surface area contributed by atoms with E-state index in [9.17, 15) is 14.4 Å². The zero-order valence-corrected chi connectivity index (χ0v) is 15.9. The summed E-state index contributed by atoms with van der Waals surface area (Å²) in [5, 5.41) is 0. The molecule has 0 radical (unpaired) electrons. The van der Waals surface area contributed by atoms with Crippen LogP contribution < -0.4 is 4.90 Å². The van der Waals surface area contributed by atoms with Gasteiger partial charge in [0.25, 0.3) is 0 Å². The van der Waals surface area contributed by atoms with E-state index < -0.39 is 11.9 Å². The van der Waals surface area contributed by atoms with Crippen LogP contribution in [0.3, 0.4) is 0 Å². The van der Waals surface area contributed by atoms with Crippen LogP contribution in [-0.4, -0.2) is 29.8 Å². The first-order valence-corrected chi connectivity index (χ1v) is 9.11. The van der Waals surface area contributed by atoms with Gasteiger partial charge in [0.15, 0.2) is 11.6 Å². The van der Waals surface area contributed by atoms with E-state index in [0.717, 1.165) is 17.6 Å². The van der Waals surface area contributed by atoms with E-state index in [1.54, 1.807) is 42.5 Å². The van der Waals surface area contributed by atoms with Gasteiger partial charge in [-0.15, -0.1) is 0 Å². The summed E-state index contributed by atoms with van der Waals surface area (Å²) in [7, 11) is 1.13. The number of nitrogens with zero attached hydrogens (tertiary/aromatic N) is 2. The van der Waals surface area contributed by atoms with Gasteiger partial charge in [0.2, 0.25) is 0 Å². The van der Waals surface area contributed by atoms with Gasteiger partial charge < -0.3 is 4.74 Å². The van der Waals surface area contributed by atoms with Crippen LogP contribution >= 0.6 is 0 Å². The van der Waals surface area contributed by atoms with Gasteiger partial charge in [0, 0.05) is 12.6 Å². The average molecular weight is 388 g/mol. The van der Waals surface area contributed by atoms with Crippen molar-refractivity contribution in [3.05, 3.63) is 90.1 Å². The second kappa shape index (κ2) is 9.41. The van der Waals surface area contributed by atoms with Crippen LogP contribution in [0, 0.1) is 0 Å². The maximum atomic E-state index is 12.9. The maximum Gasteiger partial charge on any atom is 0.397 e. The van der Waals surface area contributed by atoms with Crippen molar-refractivity contribution < 1.29 is 19.1 Å². The molecule has 1 amide bonds. The van der Waals surface area contributed by atoms with Crippen LogP contribution in [0.25, 0.3) is 0 Å². The SMILES string of the molecule is COC(=O)C(=O)N(c1ccccc1)c1ncccc1C(=O)CCc1ccccc1. The summed E-state index contributed by atoms with van der Waals surface area (Å²) in [6, 6.07) is 21.5. The molecule has 0 atom stereocenters. The van der Waals surface area contributed by atoms with E-state index >= 15 is 0 Å². The van der Waals surface area contributed by atoms with Gasteiger partial charge in [-0.2, -0.15) is 0 Å². The fourth-order valence-electron chi connectivity index (χ4n) is 2.92. The second-order valence-corrected chi connectivity index (χ2v) is 6.25. The molecule has 29 heavy (non-hydrogen) atoms. The largest absolute Gasteiger partial charge is 0.462 e. The molecule has 0 saturated heterocycles. The Kier molecular flexibility index (Phi) is 6.47. The third-order valence-electron chi connectivity index (χ3n) is 4.36. The highest BCUT2D eigenvalue weighted by Gasteiger charge is 2.29. The van der Waals surface area contributed by atoms with Crippen LogP contribution in [0.1, 0.15) is 22.3 Å². The van der Waals surface area contributed by atoms with Crippen LogP contribution in [0.2, 0.25) is 0 Å². The minimum absolute atomic E-state index is 0.104. The molecule has 0 N–H and O–H groups in total. The molecular weight excluding hydrogens is 368 g/mol. The number of Topliss-reactive ketones (excluding diaryl/α,β-unsaturated/α-hetero) is 1. The number of carbonyl (C=O) groups is 3. The summed E-state index contributed by atoms with van der Waals surface area (Å²) in [5.74, 6) is -2.03. The van der Waals surface area contributed by atoms with E-state index in [-0.39, 0.29) is 23.6 Å². The zero-order valence-electron chi connectivity index (χ0n) is 15.9. The number of hydrogen-bond donors (Lipinski definition) is 0. The summed E-state index contributed by atoms with van der Waals surface area (Å²) in [6.45, 7) is 0. The number of benzene rings is 2. The number of hydrogen-bond acceptors (Lipinski definition) is 5. The second-order valence-electron chi connectivity index (χ2n) is 6.25. The summed E-state index contributed by atoms with van der Waals surface area (Å²) in [4.78, 5) is 43.0. The molecule has 0 unspecified atom stereocenters. The summed E-state index contributed by atoms with van der Waals surface area (Å²) in [6.07, 6.45) is 2.28. The number of carbonyl (C=O) groups excluding carboxylic acids is 3. The van der Waals surface area contributed by atoms with Crippen LogP contribution in [0.5, 0.6) is 0 Å². The molecule has 1 aromatic heterocycles.